The molecule has 1 rings (SSSR count). The predicted octanol–water partition coefficient (Wildman–Crippen LogP) is 2.75. The van der Waals surface area contributed by atoms with E-state index in [4.69, 9.17) is 15.2 Å². The lowest BCUT2D eigenvalue weighted by Crippen LogP contribution is -2.14. The summed E-state index contributed by atoms with van der Waals surface area (Å²) in [7, 11) is 0. The van der Waals surface area contributed by atoms with Crippen LogP contribution in [0.2, 0.25) is 0 Å². The monoisotopic (exact) mass is 274 g/mol. The Balaban J connectivity index is 2.40. The molecule has 0 saturated carbocycles. The molecule has 19 heavy (non-hydrogen) atoms. The molecule has 1 aromatic carbocycles. The van der Waals surface area contributed by atoms with Gasteiger partial charge in [-0.3, -0.25) is 0 Å². The molecule has 0 aromatic heterocycles. The van der Waals surface area contributed by atoms with Crippen molar-refractivity contribution < 1.29 is 18.3 Å². The number of nitrogens with one attached hydrogen (secondary N) is 1. The SMILES string of the molecule is CCCOc1cccc(NCCOCC(F)F)c1N. The maximum absolute atomic E-state index is 11.8. The average molecular weight is 274 g/mol. The number of para-hydroxylation sites is 1. The van der Waals surface area contributed by atoms with Crippen molar-refractivity contribution in [2.24, 2.45) is 0 Å². The second-order valence-electron chi connectivity index (χ2n) is 3.96. The quantitative estimate of drug-likeness (QED) is 0.537. The van der Waals surface area contributed by atoms with Crippen LogP contribution in [-0.2, 0) is 4.74 Å². The molecule has 0 aliphatic heterocycles. The Bertz CT molecular complexity index is 376. The van der Waals surface area contributed by atoms with Crippen LogP contribution < -0.4 is 15.8 Å². The molecule has 0 fully saturated rings. The Morgan fingerprint density at radius 1 is 1.32 bits per heavy atom. The fourth-order valence-electron chi connectivity index (χ4n) is 1.47. The molecule has 0 atom stereocenters. The topological polar surface area (TPSA) is 56.5 Å². The third kappa shape index (κ3) is 5.74. The summed E-state index contributed by atoms with van der Waals surface area (Å²) < 4.78 is 33.9. The second kappa shape index (κ2) is 8.53. The molecule has 0 saturated heterocycles. The summed E-state index contributed by atoms with van der Waals surface area (Å²) in [4.78, 5) is 0. The molecule has 0 aliphatic rings. The van der Waals surface area contributed by atoms with Crippen LogP contribution in [0.4, 0.5) is 20.2 Å². The predicted molar refractivity (Wildman–Crippen MR) is 72.0 cm³/mol. The molecular weight excluding hydrogens is 254 g/mol. The number of rotatable bonds is 9. The largest absolute Gasteiger partial charge is 0.491 e. The molecule has 0 radical (unpaired) electrons. The van der Waals surface area contributed by atoms with E-state index in [0.29, 0.717) is 30.3 Å². The van der Waals surface area contributed by atoms with Crippen molar-refractivity contribution >= 4 is 11.4 Å². The molecule has 0 aliphatic carbocycles. The Morgan fingerprint density at radius 2 is 2.11 bits per heavy atom. The van der Waals surface area contributed by atoms with Crippen LogP contribution in [0.25, 0.3) is 0 Å². The molecular formula is C13H20F2N2O2. The average Bonchev–Trinajstić information content (AvgIpc) is 2.38. The van der Waals surface area contributed by atoms with E-state index in [9.17, 15) is 8.78 Å². The van der Waals surface area contributed by atoms with Gasteiger partial charge < -0.3 is 20.5 Å². The van der Waals surface area contributed by atoms with Crippen molar-refractivity contribution in [3.8, 4) is 5.75 Å². The summed E-state index contributed by atoms with van der Waals surface area (Å²) in [6.07, 6.45) is -1.53. The number of ether oxygens (including phenoxy) is 2. The first-order valence-corrected chi connectivity index (χ1v) is 6.26. The fraction of sp³-hybridized carbons (Fsp3) is 0.538. The van der Waals surface area contributed by atoms with Crippen molar-refractivity contribution in [3.63, 3.8) is 0 Å². The number of halogens is 2. The Morgan fingerprint density at radius 3 is 2.79 bits per heavy atom. The van der Waals surface area contributed by atoms with Crippen molar-refractivity contribution in [2.45, 2.75) is 19.8 Å². The van der Waals surface area contributed by atoms with Crippen LogP contribution in [0.3, 0.4) is 0 Å². The van der Waals surface area contributed by atoms with Crippen LogP contribution in [-0.4, -0.2) is 32.8 Å². The minimum atomic E-state index is -2.43. The highest BCUT2D eigenvalue weighted by atomic mass is 19.3. The van der Waals surface area contributed by atoms with Gasteiger partial charge in [-0.25, -0.2) is 8.78 Å². The van der Waals surface area contributed by atoms with Crippen molar-refractivity contribution in [1.29, 1.82) is 0 Å². The molecule has 108 valence electrons. The standard InChI is InChI=1S/C13H20F2N2O2/c1-2-7-19-11-5-3-4-10(13(11)16)17-6-8-18-9-12(14)15/h3-5,12,17H,2,6-9,16H2,1H3. The minimum absolute atomic E-state index is 0.198. The first-order chi connectivity index (χ1) is 9.15. The Labute approximate surface area is 111 Å². The van der Waals surface area contributed by atoms with E-state index in [1.165, 1.54) is 0 Å². The van der Waals surface area contributed by atoms with E-state index < -0.39 is 13.0 Å². The lowest BCUT2D eigenvalue weighted by atomic mass is 10.2. The van der Waals surface area contributed by atoms with Crippen molar-refractivity contribution in [3.05, 3.63) is 18.2 Å². The zero-order chi connectivity index (χ0) is 14.1. The van der Waals surface area contributed by atoms with Crippen LogP contribution in [0.15, 0.2) is 18.2 Å². The van der Waals surface area contributed by atoms with Gasteiger partial charge in [-0.1, -0.05) is 13.0 Å². The van der Waals surface area contributed by atoms with E-state index in [0.717, 1.165) is 6.42 Å². The van der Waals surface area contributed by atoms with E-state index in [2.05, 4.69) is 5.32 Å². The highest BCUT2D eigenvalue weighted by Gasteiger charge is 2.06. The molecule has 0 bridgehead atoms. The van der Waals surface area contributed by atoms with Gasteiger partial charge in [0.25, 0.3) is 6.43 Å². The molecule has 1 aromatic rings. The zero-order valence-corrected chi connectivity index (χ0v) is 11.0. The summed E-state index contributed by atoms with van der Waals surface area (Å²) in [6, 6.07) is 5.43. The number of benzene rings is 1. The smallest absolute Gasteiger partial charge is 0.261 e. The van der Waals surface area contributed by atoms with Gasteiger partial charge in [-0.2, -0.15) is 0 Å². The summed E-state index contributed by atoms with van der Waals surface area (Å²) >= 11 is 0. The van der Waals surface area contributed by atoms with Gasteiger partial charge >= 0.3 is 0 Å². The van der Waals surface area contributed by atoms with Crippen molar-refractivity contribution in [1.82, 2.24) is 0 Å². The summed E-state index contributed by atoms with van der Waals surface area (Å²) in [6.45, 7) is 2.68. The first kappa shape index (κ1) is 15.5. The molecule has 0 spiro atoms. The number of nitrogens with two attached hydrogens (primary N) is 1. The van der Waals surface area contributed by atoms with Gasteiger partial charge in [0.05, 0.1) is 24.6 Å². The summed E-state index contributed by atoms with van der Waals surface area (Å²) in [5.41, 5.74) is 7.17. The van der Waals surface area contributed by atoms with Crippen LogP contribution >= 0.6 is 0 Å². The first-order valence-electron chi connectivity index (χ1n) is 6.26. The van der Waals surface area contributed by atoms with Gasteiger partial charge in [-0.05, 0) is 18.6 Å². The number of hydrogen-bond acceptors (Lipinski definition) is 4. The number of nitrogen functional groups attached to an aromatic ring is 1. The van der Waals surface area contributed by atoms with Crippen LogP contribution in [0.1, 0.15) is 13.3 Å². The van der Waals surface area contributed by atoms with Crippen LogP contribution in [0, 0.1) is 0 Å². The zero-order valence-electron chi connectivity index (χ0n) is 11.0. The third-order valence-electron chi connectivity index (χ3n) is 2.33. The van der Waals surface area contributed by atoms with Gasteiger partial charge in [0, 0.05) is 6.54 Å². The number of anilines is 2. The Hall–Kier alpha value is -1.56. The van der Waals surface area contributed by atoms with E-state index in [1.807, 2.05) is 13.0 Å². The van der Waals surface area contributed by atoms with Gasteiger partial charge in [0.15, 0.2) is 0 Å². The highest BCUT2D eigenvalue weighted by Crippen LogP contribution is 2.29. The highest BCUT2D eigenvalue weighted by molar-refractivity contribution is 5.72. The van der Waals surface area contributed by atoms with E-state index >= 15 is 0 Å². The summed E-state index contributed by atoms with van der Waals surface area (Å²) in [5.74, 6) is 0.625. The molecule has 0 heterocycles. The van der Waals surface area contributed by atoms with Crippen LogP contribution in [0.5, 0.6) is 5.75 Å². The molecule has 3 N–H and O–H groups in total. The van der Waals surface area contributed by atoms with E-state index in [-0.39, 0.29) is 6.61 Å². The van der Waals surface area contributed by atoms with Gasteiger partial charge in [0.2, 0.25) is 0 Å². The molecule has 0 unspecified atom stereocenters. The maximum atomic E-state index is 11.8. The molecule has 4 nitrogen and oxygen atoms in total. The Kier molecular flexibility index (Phi) is 6.95. The van der Waals surface area contributed by atoms with Gasteiger partial charge in [0.1, 0.15) is 12.4 Å². The van der Waals surface area contributed by atoms with E-state index in [1.54, 1.807) is 12.1 Å². The normalized spacial score (nSPS) is 10.7. The lowest BCUT2D eigenvalue weighted by Gasteiger charge is -2.13. The minimum Gasteiger partial charge on any atom is -0.491 e. The maximum Gasteiger partial charge on any atom is 0.261 e. The van der Waals surface area contributed by atoms with Gasteiger partial charge in [-0.15, -0.1) is 0 Å². The van der Waals surface area contributed by atoms with Crippen molar-refractivity contribution in [2.75, 3.05) is 37.4 Å². The number of hydrogen-bond donors (Lipinski definition) is 2. The molecule has 6 heteroatoms. The second-order valence-corrected chi connectivity index (χ2v) is 3.96. The fourth-order valence-corrected chi connectivity index (χ4v) is 1.47. The third-order valence-corrected chi connectivity index (χ3v) is 2.33. The summed E-state index contributed by atoms with van der Waals surface area (Å²) in [5, 5.41) is 3.03. The number of alkyl halides is 2. The lowest BCUT2D eigenvalue weighted by molar-refractivity contribution is 0.0215. The molecule has 0 amide bonds.